The summed E-state index contributed by atoms with van der Waals surface area (Å²) in [7, 11) is 3.26. The molecule has 118 valence electrons. The normalized spacial score (nSPS) is 13.2. The molecule has 1 heterocycles. The van der Waals surface area contributed by atoms with Crippen molar-refractivity contribution in [2.75, 3.05) is 38.9 Å². The van der Waals surface area contributed by atoms with E-state index in [1.54, 1.807) is 26.5 Å². The Morgan fingerprint density at radius 3 is 2.81 bits per heavy atom. The van der Waals surface area contributed by atoms with Gasteiger partial charge in [0.25, 0.3) is 0 Å². The van der Waals surface area contributed by atoms with Crippen molar-refractivity contribution in [1.82, 2.24) is 4.98 Å². The lowest BCUT2D eigenvalue weighted by molar-refractivity contribution is 0.170. The number of halogens is 1. The molecule has 0 radical (unpaired) electrons. The number of oxime groups is 1. The van der Waals surface area contributed by atoms with Gasteiger partial charge in [0.05, 0.1) is 24.3 Å². The number of pyridine rings is 1. The maximum atomic E-state index is 8.81. The minimum Gasteiger partial charge on any atom is -0.409 e. The summed E-state index contributed by atoms with van der Waals surface area (Å²) >= 11 is 6.34. The Kier molecular flexibility index (Phi) is 7.21. The molecule has 1 aromatic rings. The monoisotopic (exact) mass is 316 g/mol. The van der Waals surface area contributed by atoms with E-state index in [1.807, 2.05) is 11.8 Å². The van der Waals surface area contributed by atoms with Gasteiger partial charge in [0, 0.05) is 32.5 Å². The van der Waals surface area contributed by atoms with Crippen molar-refractivity contribution < 1.29 is 14.7 Å². The summed E-state index contributed by atoms with van der Waals surface area (Å²) in [6.45, 7) is 3.61. The van der Waals surface area contributed by atoms with Crippen LogP contribution in [0.3, 0.4) is 0 Å². The number of amidine groups is 1. The molecule has 0 amide bonds. The Morgan fingerprint density at radius 1 is 1.52 bits per heavy atom. The van der Waals surface area contributed by atoms with Crippen LogP contribution in [0.5, 0.6) is 0 Å². The zero-order valence-electron chi connectivity index (χ0n) is 12.4. The number of anilines is 1. The third kappa shape index (κ3) is 4.45. The standard InChI is InChI=1S/C13H21ClN4O3/c1-9(8-21-3)18(6-7-20-2)13-11(14)10(4-5-16-13)12(15)17-19/h4-5,9,19H,6-8H2,1-3H3,(H2,15,17). The van der Waals surface area contributed by atoms with Crippen LogP contribution in [0.2, 0.25) is 5.02 Å². The molecular formula is C13H21ClN4O3. The van der Waals surface area contributed by atoms with Gasteiger partial charge in [0.2, 0.25) is 0 Å². The van der Waals surface area contributed by atoms with Crippen LogP contribution < -0.4 is 10.6 Å². The lowest BCUT2D eigenvalue weighted by Crippen LogP contribution is -2.39. The van der Waals surface area contributed by atoms with Gasteiger partial charge in [-0.3, -0.25) is 0 Å². The Labute approximate surface area is 129 Å². The zero-order valence-corrected chi connectivity index (χ0v) is 13.2. The summed E-state index contributed by atoms with van der Waals surface area (Å²) in [6.07, 6.45) is 1.56. The molecule has 7 nitrogen and oxygen atoms in total. The number of hydrogen-bond acceptors (Lipinski definition) is 6. The number of nitrogens with two attached hydrogens (primary N) is 1. The SMILES string of the molecule is COCCN(c1nccc(/C(N)=N/O)c1Cl)C(C)COC. The third-order valence-corrected chi connectivity index (χ3v) is 3.38. The molecule has 0 bridgehead atoms. The maximum Gasteiger partial charge on any atom is 0.171 e. The fourth-order valence-electron chi connectivity index (χ4n) is 1.94. The quantitative estimate of drug-likeness (QED) is 0.325. The number of hydrogen-bond donors (Lipinski definition) is 2. The summed E-state index contributed by atoms with van der Waals surface area (Å²) in [5, 5.41) is 12.1. The highest BCUT2D eigenvalue weighted by Gasteiger charge is 2.21. The summed E-state index contributed by atoms with van der Waals surface area (Å²) in [4.78, 5) is 6.26. The molecule has 1 unspecified atom stereocenters. The van der Waals surface area contributed by atoms with E-state index in [-0.39, 0.29) is 11.9 Å². The molecule has 0 aromatic carbocycles. The van der Waals surface area contributed by atoms with Gasteiger partial charge in [-0.15, -0.1) is 0 Å². The fraction of sp³-hybridized carbons (Fsp3) is 0.538. The number of aromatic nitrogens is 1. The lowest BCUT2D eigenvalue weighted by atomic mass is 10.2. The molecule has 1 rings (SSSR count). The topological polar surface area (TPSA) is 93.2 Å². The predicted octanol–water partition coefficient (Wildman–Crippen LogP) is 1.32. The van der Waals surface area contributed by atoms with Gasteiger partial charge >= 0.3 is 0 Å². The second-order valence-electron chi connectivity index (χ2n) is 4.47. The van der Waals surface area contributed by atoms with Crippen LogP contribution in [0.15, 0.2) is 17.4 Å². The molecule has 0 aliphatic heterocycles. The van der Waals surface area contributed by atoms with Crippen molar-refractivity contribution in [3.05, 3.63) is 22.8 Å². The van der Waals surface area contributed by atoms with Crippen molar-refractivity contribution in [2.24, 2.45) is 10.9 Å². The average Bonchev–Trinajstić information content (AvgIpc) is 2.48. The van der Waals surface area contributed by atoms with E-state index in [1.165, 1.54) is 0 Å². The van der Waals surface area contributed by atoms with Gasteiger partial charge < -0.3 is 25.3 Å². The highest BCUT2D eigenvalue weighted by molar-refractivity contribution is 6.36. The number of nitrogens with zero attached hydrogens (tertiary/aromatic N) is 3. The van der Waals surface area contributed by atoms with E-state index in [0.717, 1.165) is 0 Å². The van der Waals surface area contributed by atoms with Gasteiger partial charge in [-0.25, -0.2) is 4.98 Å². The average molecular weight is 317 g/mol. The minimum absolute atomic E-state index is 0.0395. The van der Waals surface area contributed by atoms with E-state index >= 15 is 0 Å². The fourth-order valence-corrected chi connectivity index (χ4v) is 2.26. The van der Waals surface area contributed by atoms with Crippen molar-refractivity contribution in [3.8, 4) is 0 Å². The highest BCUT2D eigenvalue weighted by atomic mass is 35.5. The smallest absolute Gasteiger partial charge is 0.171 e. The van der Waals surface area contributed by atoms with Gasteiger partial charge in [-0.05, 0) is 13.0 Å². The molecule has 0 aliphatic carbocycles. The number of rotatable bonds is 8. The van der Waals surface area contributed by atoms with Crippen LogP contribution in [0.25, 0.3) is 0 Å². The summed E-state index contributed by atoms with van der Waals surface area (Å²) in [5.74, 6) is 0.483. The molecule has 3 N–H and O–H groups in total. The molecule has 0 aliphatic rings. The molecule has 8 heteroatoms. The first-order valence-electron chi connectivity index (χ1n) is 6.43. The molecule has 1 atom stereocenters. The highest BCUT2D eigenvalue weighted by Crippen LogP contribution is 2.28. The van der Waals surface area contributed by atoms with Crippen LogP contribution in [0.1, 0.15) is 12.5 Å². The van der Waals surface area contributed by atoms with Gasteiger partial charge in [-0.2, -0.15) is 0 Å². The molecule has 0 fully saturated rings. The Hall–Kier alpha value is -1.57. The van der Waals surface area contributed by atoms with Crippen LogP contribution in [0.4, 0.5) is 5.82 Å². The van der Waals surface area contributed by atoms with E-state index in [9.17, 15) is 0 Å². The maximum absolute atomic E-state index is 8.81. The Morgan fingerprint density at radius 2 is 2.24 bits per heavy atom. The first-order valence-corrected chi connectivity index (χ1v) is 6.81. The molecular weight excluding hydrogens is 296 g/mol. The minimum atomic E-state index is -0.0604. The summed E-state index contributed by atoms with van der Waals surface area (Å²) in [5.41, 5.74) is 6.05. The molecule has 21 heavy (non-hydrogen) atoms. The van der Waals surface area contributed by atoms with E-state index in [2.05, 4.69) is 10.1 Å². The number of ether oxygens (including phenoxy) is 2. The first kappa shape index (κ1) is 17.5. The third-order valence-electron chi connectivity index (χ3n) is 3.00. The van der Waals surface area contributed by atoms with Crippen LogP contribution in [-0.2, 0) is 9.47 Å². The predicted molar refractivity (Wildman–Crippen MR) is 82.3 cm³/mol. The van der Waals surface area contributed by atoms with Crippen molar-refractivity contribution in [2.45, 2.75) is 13.0 Å². The molecule has 0 saturated heterocycles. The van der Waals surface area contributed by atoms with Crippen molar-refractivity contribution in [1.29, 1.82) is 0 Å². The Balaban J connectivity index is 3.17. The molecule has 0 spiro atoms. The lowest BCUT2D eigenvalue weighted by Gasteiger charge is -2.30. The van der Waals surface area contributed by atoms with E-state index in [4.69, 9.17) is 32.0 Å². The van der Waals surface area contributed by atoms with Crippen LogP contribution in [0, 0.1) is 0 Å². The van der Waals surface area contributed by atoms with E-state index in [0.29, 0.717) is 36.2 Å². The second kappa shape index (κ2) is 8.66. The zero-order chi connectivity index (χ0) is 15.8. The molecule has 0 saturated carbocycles. The summed E-state index contributed by atoms with van der Waals surface area (Å²) in [6, 6.07) is 1.63. The second-order valence-corrected chi connectivity index (χ2v) is 4.85. The van der Waals surface area contributed by atoms with Crippen molar-refractivity contribution in [3.63, 3.8) is 0 Å². The van der Waals surface area contributed by atoms with Gasteiger partial charge in [-0.1, -0.05) is 16.8 Å². The largest absolute Gasteiger partial charge is 0.409 e. The van der Waals surface area contributed by atoms with Gasteiger partial charge in [0.15, 0.2) is 5.84 Å². The number of methoxy groups -OCH3 is 2. The van der Waals surface area contributed by atoms with Crippen LogP contribution >= 0.6 is 11.6 Å². The first-order chi connectivity index (χ1) is 10.1. The van der Waals surface area contributed by atoms with Gasteiger partial charge in [0.1, 0.15) is 5.82 Å². The van der Waals surface area contributed by atoms with E-state index < -0.39 is 0 Å². The van der Waals surface area contributed by atoms with Crippen LogP contribution in [-0.4, -0.2) is 56.0 Å². The Bertz CT molecular complexity index is 484. The molecule has 1 aromatic heterocycles. The summed E-state index contributed by atoms with van der Waals surface area (Å²) < 4.78 is 10.3. The van der Waals surface area contributed by atoms with Crippen molar-refractivity contribution >= 4 is 23.3 Å².